The zero-order chi connectivity index (χ0) is 17.6. The summed E-state index contributed by atoms with van der Waals surface area (Å²) in [4.78, 5) is 17.2. The second kappa shape index (κ2) is 5.97. The molecule has 2 heterocycles. The number of anilines is 3. The van der Waals surface area contributed by atoms with Crippen molar-refractivity contribution in [1.29, 1.82) is 0 Å². The van der Waals surface area contributed by atoms with E-state index in [-0.39, 0.29) is 11.8 Å². The van der Waals surface area contributed by atoms with Gasteiger partial charge in [0.2, 0.25) is 5.91 Å². The number of nitrogens with one attached hydrogen (secondary N) is 2. The molecule has 25 heavy (non-hydrogen) atoms. The Morgan fingerprint density at radius 1 is 1.12 bits per heavy atom. The van der Waals surface area contributed by atoms with Crippen molar-refractivity contribution in [2.45, 2.75) is 13.0 Å². The summed E-state index contributed by atoms with van der Waals surface area (Å²) in [5, 5.41) is 13.8. The predicted molar refractivity (Wildman–Crippen MR) is 101 cm³/mol. The summed E-state index contributed by atoms with van der Waals surface area (Å²) in [6.07, 6.45) is 1.72. The Kier molecular flexibility index (Phi) is 3.77. The standard InChI is InChI=1S/C19H16BrN3O2/c1-11(24)23-16-5-3-2-4-14(16)22-15-10-21-19(25)17(15)18(23)12-6-8-13(20)9-7-12/h2-10,18,21-22,25H,1H3. The lowest BCUT2D eigenvalue weighted by molar-refractivity contribution is -0.116. The highest BCUT2D eigenvalue weighted by Crippen LogP contribution is 2.47. The van der Waals surface area contributed by atoms with E-state index in [1.807, 2.05) is 48.5 Å². The first-order valence-corrected chi connectivity index (χ1v) is 8.67. The van der Waals surface area contributed by atoms with E-state index in [9.17, 15) is 9.90 Å². The average molecular weight is 398 g/mol. The van der Waals surface area contributed by atoms with E-state index < -0.39 is 6.04 Å². The van der Waals surface area contributed by atoms with E-state index >= 15 is 0 Å². The first-order valence-electron chi connectivity index (χ1n) is 7.88. The molecule has 0 bridgehead atoms. The number of H-pyrrole nitrogens is 1. The minimum atomic E-state index is -0.442. The number of aromatic nitrogens is 1. The summed E-state index contributed by atoms with van der Waals surface area (Å²) in [5.41, 5.74) is 3.90. The number of aromatic hydroxyl groups is 1. The molecule has 126 valence electrons. The van der Waals surface area contributed by atoms with Gasteiger partial charge in [-0.3, -0.25) is 9.69 Å². The van der Waals surface area contributed by atoms with E-state index in [0.29, 0.717) is 5.56 Å². The van der Waals surface area contributed by atoms with Crippen molar-refractivity contribution in [2.75, 3.05) is 10.2 Å². The van der Waals surface area contributed by atoms with Gasteiger partial charge in [0.05, 0.1) is 28.7 Å². The monoisotopic (exact) mass is 397 g/mol. The summed E-state index contributed by atoms with van der Waals surface area (Å²) in [7, 11) is 0. The van der Waals surface area contributed by atoms with E-state index in [1.165, 1.54) is 6.92 Å². The number of benzene rings is 2. The third-order valence-electron chi connectivity index (χ3n) is 4.39. The second-order valence-corrected chi connectivity index (χ2v) is 6.87. The Bertz CT molecular complexity index is 950. The smallest absolute Gasteiger partial charge is 0.224 e. The van der Waals surface area contributed by atoms with Gasteiger partial charge in [-0.2, -0.15) is 0 Å². The van der Waals surface area contributed by atoms with E-state index in [2.05, 4.69) is 26.2 Å². The second-order valence-electron chi connectivity index (χ2n) is 5.95. The van der Waals surface area contributed by atoms with Crippen LogP contribution < -0.4 is 10.2 Å². The van der Waals surface area contributed by atoms with Crippen LogP contribution in [0.4, 0.5) is 17.1 Å². The maximum Gasteiger partial charge on any atom is 0.224 e. The third-order valence-corrected chi connectivity index (χ3v) is 4.92. The van der Waals surface area contributed by atoms with Crippen molar-refractivity contribution in [1.82, 2.24) is 4.98 Å². The van der Waals surface area contributed by atoms with Crippen molar-refractivity contribution in [3.63, 3.8) is 0 Å². The molecule has 0 saturated carbocycles. The zero-order valence-corrected chi connectivity index (χ0v) is 15.0. The number of hydrogen-bond acceptors (Lipinski definition) is 3. The molecule has 0 radical (unpaired) electrons. The van der Waals surface area contributed by atoms with Crippen LogP contribution in [0, 0.1) is 0 Å². The molecule has 3 N–H and O–H groups in total. The molecule has 6 heteroatoms. The lowest BCUT2D eigenvalue weighted by Crippen LogP contribution is -2.33. The van der Waals surface area contributed by atoms with Gasteiger partial charge in [0.1, 0.15) is 0 Å². The van der Waals surface area contributed by atoms with Crippen molar-refractivity contribution in [2.24, 2.45) is 0 Å². The molecule has 4 rings (SSSR count). The minimum absolute atomic E-state index is 0.0504. The molecule has 1 unspecified atom stereocenters. The molecule has 0 saturated heterocycles. The summed E-state index contributed by atoms with van der Waals surface area (Å²) in [5.74, 6) is -0.0508. The molecule has 1 amide bonds. The van der Waals surface area contributed by atoms with Crippen LogP contribution in [0.25, 0.3) is 0 Å². The molecule has 3 aromatic rings. The highest BCUT2D eigenvalue weighted by Gasteiger charge is 2.35. The van der Waals surface area contributed by atoms with Gasteiger partial charge in [0, 0.05) is 17.6 Å². The number of carbonyl (C=O) groups excluding carboxylic acids is 1. The molecule has 5 nitrogen and oxygen atoms in total. The van der Waals surface area contributed by atoms with Crippen LogP contribution in [0.3, 0.4) is 0 Å². The predicted octanol–water partition coefficient (Wildman–Crippen LogP) is 4.68. The fraction of sp³-hybridized carbons (Fsp3) is 0.105. The van der Waals surface area contributed by atoms with Gasteiger partial charge in [-0.25, -0.2) is 0 Å². The maximum absolute atomic E-state index is 12.6. The van der Waals surface area contributed by atoms with Crippen LogP contribution in [-0.4, -0.2) is 16.0 Å². The Hall–Kier alpha value is -2.73. The number of fused-ring (bicyclic) bond motifs is 2. The lowest BCUT2D eigenvalue weighted by atomic mass is 9.97. The molecule has 1 aromatic heterocycles. The van der Waals surface area contributed by atoms with Crippen LogP contribution in [0.1, 0.15) is 24.1 Å². The summed E-state index contributed by atoms with van der Waals surface area (Å²) in [6.45, 7) is 1.54. The number of hydrogen-bond donors (Lipinski definition) is 3. The van der Waals surface area contributed by atoms with Gasteiger partial charge in [-0.05, 0) is 29.8 Å². The Labute approximate surface area is 153 Å². The SMILES string of the molecule is CC(=O)N1c2ccccc2Nc2c[nH]c(O)c2C1c1ccc(Br)cc1. The molecule has 1 aliphatic rings. The minimum Gasteiger partial charge on any atom is -0.494 e. The van der Waals surface area contributed by atoms with Crippen molar-refractivity contribution in [3.8, 4) is 5.88 Å². The first kappa shape index (κ1) is 15.8. The van der Waals surface area contributed by atoms with Crippen LogP contribution in [0.15, 0.2) is 59.2 Å². The molecular weight excluding hydrogens is 382 g/mol. The quantitative estimate of drug-likeness (QED) is 0.558. The lowest BCUT2D eigenvalue weighted by Gasteiger charge is -2.30. The van der Waals surface area contributed by atoms with Crippen LogP contribution in [-0.2, 0) is 4.79 Å². The van der Waals surface area contributed by atoms with Gasteiger partial charge in [0.25, 0.3) is 0 Å². The number of halogens is 1. The van der Waals surface area contributed by atoms with Crippen LogP contribution >= 0.6 is 15.9 Å². The molecular formula is C19H16BrN3O2. The molecule has 0 aliphatic carbocycles. The number of rotatable bonds is 1. The molecule has 0 spiro atoms. The van der Waals surface area contributed by atoms with Gasteiger partial charge in [0.15, 0.2) is 5.88 Å². The van der Waals surface area contributed by atoms with E-state index in [1.54, 1.807) is 11.1 Å². The van der Waals surface area contributed by atoms with Crippen LogP contribution in [0.2, 0.25) is 0 Å². The highest BCUT2D eigenvalue weighted by atomic mass is 79.9. The maximum atomic E-state index is 12.6. The fourth-order valence-electron chi connectivity index (χ4n) is 3.32. The van der Waals surface area contributed by atoms with Gasteiger partial charge in [-0.15, -0.1) is 0 Å². The number of carbonyl (C=O) groups is 1. The highest BCUT2D eigenvalue weighted by molar-refractivity contribution is 9.10. The van der Waals surface area contributed by atoms with Crippen molar-refractivity contribution in [3.05, 3.63) is 70.3 Å². The molecule has 1 aliphatic heterocycles. The summed E-state index contributed by atoms with van der Waals surface area (Å²) < 4.78 is 0.955. The first-order chi connectivity index (χ1) is 12.1. The number of amides is 1. The molecule has 2 aromatic carbocycles. The zero-order valence-electron chi connectivity index (χ0n) is 13.5. The largest absolute Gasteiger partial charge is 0.494 e. The number of aromatic amines is 1. The van der Waals surface area contributed by atoms with Crippen molar-refractivity contribution >= 4 is 38.9 Å². The average Bonchev–Trinajstić information content (AvgIpc) is 2.87. The Morgan fingerprint density at radius 3 is 2.56 bits per heavy atom. The van der Waals surface area contributed by atoms with Crippen molar-refractivity contribution < 1.29 is 9.90 Å². The summed E-state index contributed by atoms with van der Waals surface area (Å²) in [6, 6.07) is 15.0. The van der Waals surface area contributed by atoms with Gasteiger partial charge in [-0.1, -0.05) is 40.2 Å². The van der Waals surface area contributed by atoms with Gasteiger partial charge < -0.3 is 15.4 Å². The van der Waals surface area contributed by atoms with E-state index in [4.69, 9.17) is 0 Å². The summed E-state index contributed by atoms with van der Waals surface area (Å²) >= 11 is 3.44. The fourth-order valence-corrected chi connectivity index (χ4v) is 3.58. The Morgan fingerprint density at radius 2 is 1.84 bits per heavy atom. The van der Waals surface area contributed by atoms with Gasteiger partial charge >= 0.3 is 0 Å². The van der Waals surface area contributed by atoms with E-state index in [0.717, 1.165) is 27.1 Å². The topological polar surface area (TPSA) is 68.4 Å². The molecule has 0 fully saturated rings. The third kappa shape index (κ3) is 2.59. The number of nitrogens with zero attached hydrogens (tertiary/aromatic N) is 1. The van der Waals surface area contributed by atoms with Crippen LogP contribution in [0.5, 0.6) is 5.88 Å². The molecule has 1 atom stereocenters. The number of para-hydroxylation sites is 2. The Balaban J connectivity index is 2.01. The normalized spacial score (nSPS) is 15.8.